The number of hydrogen-bond acceptors (Lipinski definition) is 7. The number of aliphatic hydroxyl groups is 5. The van der Waals surface area contributed by atoms with Crippen molar-refractivity contribution in [1.29, 1.82) is 0 Å². The van der Waals surface area contributed by atoms with Crippen LogP contribution in [0.5, 0.6) is 0 Å². The van der Waals surface area contributed by atoms with E-state index < -0.39 is 44.4 Å². The molecule has 0 spiro atoms. The second kappa shape index (κ2) is 4.65. The largest absolute Gasteiger partial charge is 0.470 e. The van der Waals surface area contributed by atoms with Crippen molar-refractivity contribution in [3.8, 4) is 0 Å². The molecule has 0 saturated heterocycles. The van der Waals surface area contributed by atoms with Crippen molar-refractivity contribution in [2.75, 3.05) is 0 Å². The Hall–Kier alpha value is -0.0900. The van der Waals surface area contributed by atoms with E-state index in [1.54, 1.807) is 0 Å². The molecule has 1 fully saturated rings. The lowest BCUT2D eigenvalue weighted by atomic mass is 9.95. The smallest absolute Gasteiger partial charge is 0.387 e. The van der Waals surface area contributed by atoms with E-state index in [4.69, 9.17) is 14.9 Å². The quantitative estimate of drug-likeness (QED) is 0.195. The molecule has 1 aliphatic carbocycles. The fourth-order valence-corrected chi connectivity index (χ4v) is 2.05. The maximum absolute atomic E-state index is 10.5. The summed E-state index contributed by atoms with van der Waals surface area (Å²) in [7, 11) is -5.01. The van der Waals surface area contributed by atoms with Crippen LogP contribution in [0, 0.1) is 0 Å². The second-order valence-electron chi connectivity index (χ2n) is 3.51. The van der Waals surface area contributed by atoms with E-state index in [-0.39, 0.29) is 0 Å². The van der Waals surface area contributed by atoms with Gasteiger partial charge in [0.15, 0.2) is 0 Å². The van der Waals surface area contributed by atoms with E-state index >= 15 is 0 Å². The van der Waals surface area contributed by atoms with E-state index in [9.17, 15) is 25.0 Å². The van der Waals surface area contributed by atoms with Crippen LogP contribution in [-0.4, -0.2) is 71.9 Å². The Morgan fingerprint density at radius 3 is 1.38 bits per heavy atom. The molecule has 1 saturated carbocycles. The molecule has 0 aromatic rings. The SMILES string of the molecule is O=P(O)(O)O[13CH]1[C@H](O)[C@H](O)C(O)[C@H](O)[C@H]1O. The summed E-state index contributed by atoms with van der Waals surface area (Å²) in [6.07, 6.45) is -11.3. The van der Waals surface area contributed by atoms with Crippen LogP contribution in [0.3, 0.4) is 0 Å². The summed E-state index contributed by atoms with van der Waals surface area (Å²) >= 11 is 0. The van der Waals surface area contributed by atoms with Crippen LogP contribution >= 0.6 is 7.82 Å². The van der Waals surface area contributed by atoms with Gasteiger partial charge in [0.25, 0.3) is 0 Å². The highest BCUT2D eigenvalue weighted by atomic mass is 31.2. The Labute approximate surface area is 89.8 Å². The van der Waals surface area contributed by atoms with E-state index in [1.165, 1.54) is 0 Å². The summed E-state index contributed by atoms with van der Waals surface area (Å²) in [5, 5.41) is 46.1. The van der Waals surface area contributed by atoms with Crippen LogP contribution in [0.15, 0.2) is 0 Å². The first-order valence-electron chi connectivity index (χ1n) is 4.29. The Bertz CT molecular complexity index is 274. The van der Waals surface area contributed by atoms with Crippen molar-refractivity contribution < 1.29 is 44.4 Å². The van der Waals surface area contributed by atoms with E-state index in [1.807, 2.05) is 0 Å². The van der Waals surface area contributed by atoms with Crippen LogP contribution in [-0.2, 0) is 9.09 Å². The zero-order valence-corrected chi connectivity index (χ0v) is 8.75. The Kier molecular flexibility index (Phi) is 4.06. The van der Waals surface area contributed by atoms with E-state index in [0.29, 0.717) is 0 Å². The van der Waals surface area contributed by atoms with Crippen LogP contribution in [0.2, 0.25) is 0 Å². The maximum Gasteiger partial charge on any atom is 0.470 e. The van der Waals surface area contributed by atoms with Crippen molar-refractivity contribution in [1.82, 2.24) is 0 Å². The molecule has 0 amide bonds. The van der Waals surface area contributed by atoms with Crippen molar-refractivity contribution >= 4 is 7.82 Å². The van der Waals surface area contributed by atoms with Crippen molar-refractivity contribution in [2.24, 2.45) is 0 Å². The molecule has 2 unspecified atom stereocenters. The number of phosphoric acid groups is 1. The number of phosphoric ester groups is 1. The van der Waals surface area contributed by atoms with Crippen molar-refractivity contribution in [3.05, 3.63) is 0 Å². The number of aliphatic hydroxyl groups excluding tert-OH is 5. The van der Waals surface area contributed by atoms with Gasteiger partial charge in [-0.1, -0.05) is 0 Å². The third-order valence-corrected chi connectivity index (χ3v) is 2.85. The molecule has 9 nitrogen and oxygen atoms in total. The third kappa shape index (κ3) is 2.77. The molecule has 0 radical (unpaired) electrons. The Balaban J connectivity index is 2.87. The van der Waals surface area contributed by atoms with Crippen molar-refractivity contribution in [2.45, 2.75) is 36.6 Å². The van der Waals surface area contributed by atoms with Gasteiger partial charge in [0, 0.05) is 0 Å². The Morgan fingerprint density at radius 1 is 0.750 bits per heavy atom. The van der Waals surface area contributed by atoms with Gasteiger partial charge in [0.1, 0.15) is 36.6 Å². The third-order valence-electron chi connectivity index (χ3n) is 2.33. The summed E-state index contributed by atoms with van der Waals surface area (Å²) < 4.78 is 14.5. The molecular formula is C6H13O9P. The molecule has 0 heterocycles. The normalized spacial score (nSPS) is 45.7. The molecule has 0 bridgehead atoms. The lowest BCUT2D eigenvalue weighted by Gasteiger charge is -2.41. The highest BCUT2D eigenvalue weighted by Crippen LogP contribution is 2.41. The predicted octanol–water partition coefficient (Wildman–Crippen LogP) is -3.72. The summed E-state index contributed by atoms with van der Waals surface area (Å²) in [4.78, 5) is 17.0. The summed E-state index contributed by atoms with van der Waals surface area (Å²) in [6, 6.07) is 0. The van der Waals surface area contributed by atoms with E-state index in [0.717, 1.165) is 0 Å². The number of rotatable bonds is 2. The fourth-order valence-electron chi connectivity index (χ4n) is 1.48. The van der Waals surface area contributed by atoms with Gasteiger partial charge in [-0.05, 0) is 0 Å². The minimum absolute atomic E-state index is 1.83. The molecule has 1 rings (SSSR count). The molecule has 0 aromatic heterocycles. The highest BCUT2D eigenvalue weighted by Gasteiger charge is 2.50. The van der Waals surface area contributed by atoms with Gasteiger partial charge in [0.05, 0.1) is 0 Å². The van der Waals surface area contributed by atoms with Gasteiger partial charge in [-0.25, -0.2) is 4.57 Å². The average Bonchev–Trinajstić information content (AvgIpc) is 2.17. The Morgan fingerprint density at radius 2 is 1.06 bits per heavy atom. The summed E-state index contributed by atoms with van der Waals surface area (Å²) in [5.74, 6) is 0. The molecule has 10 heteroatoms. The molecule has 96 valence electrons. The highest BCUT2D eigenvalue weighted by molar-refractivity contribution is 7.46. The van der Waals surface area contributed by atoms with Crippen molar-refractivity contribution in [3.63, 3.8) is 0 Å². The first-order valence-corrected chi connectivity index (χ1v) is 5.82. The van der Waals surface area contributed by atoms with Gasteiger partial charge in [-0.15, -0.1) is 0 Å². The minimum Gasteiger partial charge on any atom is -0.387 e. The zero-order chi connectivity index (χ0) is 12.7. The minimum atomic E-state index is -5.01. The monoisotopic (exact) mass is 261 g/mol. The lowest BCUT2D eigenvalue weighted by molar-refractivity contribution is -0.219. The molecule has 1 aliphatic rings. The van der Waals surface area contributed by atoms with Crippen LogP contribution in [0.1, 0.15) is 0 Å². The molecule has 6 atom stereocenters. The predicted molar refractivity (Wildman–Crippen MR) is 47.0 cm³/mol. The molecule has 7 N–H and O–H groups in total. The summed E-state index contributed by atoms with van der Waals surface area (Å²) in [5.41, 5.74) is 0. The fraction of sp³-hybridized carbons (Fsp3) is 1.00. The lowest BCUT2D eigenvalue weighted by Crippen LogP contribution is -2.64. The first kappa shape index (κ1) is 14.0. The van der Waals surface area contributed by atoms with Gasteiger partial charge >= 0.3 is 7.82 Å². The zero-order valence-electron chi connectivity index (χ0n) is 7.86. The van der Waals surface area contributed by atoms with Gasteiger partial charge in [-0.3, -0.25) is 4.52 Å². The molecule has 16 heavy (non-hydrogen) atoms. The first-order chi connectivity index (χ1) is 7.15. The topological polar surface area (TPSA) is 168 Å². The van der Waals surface area contributed by atoms with Crippen LogP contribution in [0.4, 0.5) is 0 Å². The van der Waals surface area contributed by atoms with Crippen LogP contribution in [0.25, 0.3) is 0 Å². The maximum atomic E-state index is 10.5. The average molecular weight is 261 g/mol. The molecular weight excluding hydrogens is 248 g/mol. The standard InChI is InChI=1S/C6H13O9P/c7-1-2(8)4(10)6(5(11)3(1)9)15-16(12,13)14/h1-11H,(H2,12,13,14)/t1?,2-,3+,4-,5-,6?/m1/s1/i6+1. The van der Waals surface area contributed by atoms with Gasteiger partial charge < -0.3 is 35.3 Å². The number of hydrogen-bond donors (Lipinski definition) is 7. The van der Waals surface area contributed by atoms with Gasteiger partial charge in [0.2, 0.25) is 0 Å². The summed E-state index contributed by atoms with van der Waals surface area (Å²) in [6.45, 7) is 0. The molecule has 0 aliphatic heterocycles. The van der Waals surface area contributed by atoms with E-state index in [2.05, 4.69) is 4.52 Å². The molecule has 0 aromatic carbocycles. The van der Waals surface area contributed by atoms with Gasteiger partial charge in [-0.2, -0.15) is 0 Å². The second-order valence-corrected chi connectivity index (χ2v) is 4.71. The van der Waals surface area contributed by atoms with Crippen LogP contribution < -0.4 is 0 Å².